The SMILES string of the molecule is CN1CCOCCOc2cc(Cl)ccc2CNC(=O)Cn2c(Cl)cnc(c2=O)N[C@@H](Cc2ccccc2)C1. The highest BCUT2D eigenvalue weighted by Gasteiger charge is 2.19. The maximum Gasteiger partial charge on any atom is 0.294 e. The fourth-order valence-corrected chi connectivity index (χ4v) is 4.52. The van der Waals surface area contributed by atoms with Crippen molar-refractivity contribution in [2.45, 2.75) is 25.6 Å². The summed E-state index contributed by atoms with van der Waals surface area (Å²) in [5, 5.41) is 6.71. The van der Waals surface area contributed by atoms with Crippen LogP contribution in [0, 0.1) is 0 Å². The van der Waals surface area contributed by atoms with Crippen LogP contribution in [-0.4, -0.2) is 66.4 Å². The van der Waals surface area contributed by atoms with Gasteiger partial charge >= 0.3 is 0 Å². The number of anilines is 1. The molecule has 1 aromatic heterocycles. The number of hydrogen-bond donors (Lipinski definition) is 2. The Morgan fingerprint density at radius 3 is 2.71 bits per heavy atom. The normalized spacial score (nSPS) is 18.1. The van der Waals surface area contributed by atoms with E-state index in [9.17, 15) is 9.59 Å². The van der Waals surface area contributed by atoms with Gasteiger partial charge in [-0.1, -0.05) is 59.6 Å². The molecule has 0 unspecified atom stereocenters. The van der Waals surface area contributed by atoms with Gasteiger partial charge in [-0.05, 0) is 31.2 Å². The minimum Gasteiger partial charge on any atom is -0.491 e. The molecule has 0 radical (unpaired) electrons. The maximum atomic E-state index is 13.3. The lowest BCUT2D eigenvalue weighted by molar-refractivity contribution is -0.121. The van der Waals surface area contributed by atoms with Crippen molar-refractivity contribution in [3.63, 3.8) is 0 Å². The van der Waals surface area contributed by atoms with E-state index in [1.54, 1.807) is 18.2 Å². The molecule has 11 heteroatoms. The summed E-state index contributed by atoms with van der Waals surface area (Å²) in [6.07, 6.45) is 2.05. The quantitative estimate of drug-likeness (QED) is 0.497. The molecule has 0 aliphatic carbocycles. The standard InChI is InChI=1S/C27H31Cl2N5O4/c1-33-9-10-37-11-12-38-23-14-21(28)8-7-20(23)15-30-25(35)18-34-24(29)16-31-26(27(34)36)32-22(17-33)13-19-5-3-2-4-6-19/h2-8,14,16,22H,9-13,15,17-18H2,1H3,(H,30,35)(H,31,32)/t22-/m0/s1. The molecule has 2 N–H and O–H groups in total. The summed E-state index contributed by atoms with van der Waals surface area (Å²) >= 11 is 12.4. The first-order valence-corrected chi connectivity index (χ1v) is 13.1. The number of carbonyl (C=O) groups is 1. The third-order valence-electron chi connectivity index (χ3n) is 6.11. The van der Waals surface area contributed by atoms with Gasteiger partial charge in [-0.3, -0.25) is 14.2 Å². The Labute approximate surface area is 231 Å². The second kappa shape index (κ2) is 13.6. The molecule has 2 aromatic carbocycles. The minimum absolute atomic E-state index is 0.0750. The second-order valence-corrected chi connectivity index (χ2v) is 9.93. The predicted octanol–water partition coefficient (Wildman–Crippen LogP) is 3.23. The summed E-state index contributed by atoms with van der Waals surface area (Å²) in [5.41, 5.74) is 1.41. The van der Waals surface area contributed by atoms with Crippen molar-refractivity contribution >= 4 is 34.9 Å². The Morgan fingerprint density at radius 1 is 1.08 bits per heavy atom. The number of carbonyl (C=O) groups excluding carboxylic acids is 1. The van der Waals surface area contributed by atoms with Crippen LogP contribution in [0.1, 0.15) is 11.1 Å². The molecule has 1 amide bonds. The number of ether oxygens (including phenoxy) is 2. The summed E-state index contributed by atoms with van der Waals surface area (Å²) in [4.78, 5) is 32.5. The van der Waals surface area contributed by atoms with Crippen LogP contribution >= 0.6 is 23.2 Å². The van der Waals surface area contributed by atoms with Gasteiger partial charge < -0.3 is 25.0 Å². The Bertz CT molecular complexity index is 1290. The largest absolute Gasteiger partial charge is 0.491 e. The van der Waals surface area contributed by atoms with E-state index in [1.165, 1.54) is 10.8 Å². The highest BCUT2D eigenvalue weighted by molar-refractivity contribution is 6.30. The monoisotopic (exact) mass is 559 g/mol. The number of aromatic nitrogens is 2. The first kappa shape index (κ1) is 27.9. The summed E-state index contributed by atoms with van der Waals surface area (Å²) in [6, 6.07) is 15.1. The van der Waals surface area contributed by atoms with E-state index < -0.39 is 5.56 Å². The average Bonchev–Trinajstić information content (AvgIpc) is 2.89. The molecule has 9 nitrogen and oxygen atoms in total. The van der Waals surface area contributed by atoms with Gasteiger partial charge in [-0.15, -0.1) is 0 Å². The topological polar surface area (TPSA) is 97.7 Å². The van der Waals surface area contributed by atoms with Gasteiger partial charge in [-0.25, -0.2) is 4.98 Å². The Balaban J connectivity index is 1.59. The molecule has 2 bridgehead atoms. The average molecular weight is 560 g/mol. The van der Waals surface area contributed by atoms with Crippen LogP contribution in [0.4, 0.5) is 5.82 Å². The van der Waals surface area contributed by atoms with Crippen LogP contribution < -0.4 is 20.9 Å². The number of nitrogens with zero attached hydrogens (tertiary/aromatic N) is 3. The second-order valence-electron chi connectivity index (χ2n) is 9.10. The number of nitrogens with one attached hydrogen (secondary N) is 2. The first-order valence-electron chi connectivity index (χ1n) is 12.4. The van der Waals surface area contributed by atoms with Gasteiger partial charge in [0, 0.05) is 36.3 Å². The number of likely N-dealkylation sites (N-methyl/N-ethyl adjacent to an activating group) is 1. The van der Waals surface area contributed by atoms with Crippen molar-refractivity contribution in [3.8, 4) is 5.75 Å². The van der Waals surface area contributed by atoms with Crippen molar-refractivity contribution in [1.82, 2.24) is 19.8 Å². The smallest absolute Gasteiger partial charge is 0.294 e. The summed E-state index contributed by atoms with van der Waals surface area (Å²) in [6.45, 7) is 2.52. The van der Waals surface area contributed by atoms with Gasteiger partial charge in [0.15, 0.2) is 5.82 Å². The van der Waals surface area contributed by atoms with Crippen molar-refractivity contribution in [2.24, 2.45) is 0 Å². The zero-order valence-corrected chi connectivity index (χ0v) is 22.7. The lowest BCUT2D eigenvalue weighted by Crippen LogP contribution is -2.40. The van der Waals surface area contributed by atoms with Gasteiger partial charge in [0.2, 0.25) is 5.91 Å². The van der Waals surface area contributed by atoms with E-state index in [0.717, 1.165) is 11.1 Å². The summed E-state index contributed by atoms with van der Waals surface area (Å²) < 4.78 is 12.9. The van der Waals surface area contributed by atoms with Crippen LogP contribution in [0.5, 0.6) is 5.75 Å². The molecule has 2 heterocycles. The first-order chi connectivity index (χ1) is 18.4. The summed E-state index contributed by atoms with van der Waals surface area (Å²) in [5.74, 6) is 0.318. The molecule has 0 spiro atoms. The van der Waals surface area contributed by atoms with Crippen molar-refractivity contribution in [1.29, 1.82) is 0 Å². The Hall–Kier alpha value is -3.11. The van der Waals surface area contributed by atoms with E-state index in [-0.39, 0.29) is 36.0 Å². The highest BCUT2D eigenvalue weighted by atomic mass is 35.5. The molecule has 1 atom stereocenters. The number of benzene rings is 2. The number of rotatable bonds is 2. The van der Waals surface area contributed by atoms with E-state index in [0.29, 0.717) is 50.1 Å². The molecule has 4 rings (SSSR count). The third-order valence-corrected chi connectivity index (χ3v) is 6.65. The van der Waals surface area contributed by atoms with Crippen LogP contribution in [0.2, 0.25) is 10.2 Å². The Morgan fingerprint density at radius 2 is 1.89 bits per heavy atom. The van der Waals surface area contributed by atoms with Gasteiger partial charge in [0.25, 0.3) is 5.56 Å². The van der Waals surface area contributed by atoms with Crippen LogP contribution in [0.3, 0.4) is 0 Å². The number of hydrogen-bond acceptors (Lipinski definition) is 7. The molecule has 38 heavy (non-hydrogen) atoms. The van der Waals surface area contributed by atoms with Gasteiger partial charge in [0.05, 0.1) is 19.4 Å². The number of amides is 1. The van der Waals surface area contributed by atoms with Gasteiger partial charge in [0.1, 0.15) is 24.1 Å². The number of fused-ring (bicyclic) bond motifs is 3. The molecule has 0 fully saturated rings. The number of halogens is 2. The molecule has 0 saturated heterocycles. The highest BCUT2D eigenvalue weighted by Crippen LogP contribution is 2.23. The zero-order valence-electron chi connectivity index (χ0n) is 21.2. The van der Waals surface area contributed by atoms with E-state index in [1.807, 2.05) is 37.4 Å². The molecular formula is C27H31Cl2N5O4. The van der Waals surface area contributed by atoms with Crippen LogP contribution in [0.15, 0.2) is 59.5 Å². The summed E-state index contributed by atoms with van der Waals surface area (Å²) in [7, 11) is 2.00. The minimum atomic E-state index is -0.467. The Kier molecular flexibility index (Phi) is 10.0. The lowest BCUT2D eigenvalue weighted by Gasteiger charge is -2.25. The van der Waals surface area contributed by atoms with E-state index in [4.69, 9.17) is 32.7 Å². The molecule has 1 aliphatic rings. The fourth-order valence-electron chi connectivity index (χ4n) is 4.17. The zero-order chi connectivity index (χ0) is 26.9. The molecule has 202 valence electrons. The van der Waals surface area contributed by atoms with E-state index >= 15 is 0 Å². The van der Waals surface area contributed by atoms with Crippen LogP contribution in [0.25, 0.3) is 0 Å². The lowest BCUT2D eigenvalue weighted by atomic mass is 10.1. The van der Waals surface area contributed by atoms with Crippen LogP contribution in [-0.2, 0) is 29.0 Å². The third kappa shape index (κ3) is 7.94. The molecule has 3 aromatic rings. The van der Waals surface area contributed by atoms with Crippen molar-refractivity contribution < 1.29 is 14.3 Å². The predicted molar refractivity (Wildman–Crippen MR) is 148 cm³/mol. The molecule has 0 saturated carbocycles. The maximum absolute atomic E-state index is 13.3. The fraction of sp³-hybridized carbons (Fsp3) is 0.370. The molecular weight excluding hydrogens is 529 g/mol. The van der Waals surface area contributed by atoms with Gasteiger partial charge in [-0.2, -0.15) is 0 Å². The van der Waals surface area contributed by atoms with E-state index in [2.05, 4.69) is 20.5 Å². The molecule has 1 aliphatic heterocycles. The van der Waals surface area contributed by atoms with Crippen molar-refractivity contribution in [3.05, 3.63) is 86.4 Å². The van der Waals surface area contributed by atoms with Crippen molar-refractivity contribution in [2.75, 3.05) is 45.3 Å².